The Hall–Kier alpha value is -8.43. The topological polar surface area (TPSA) is 203 Å². The van der Waals surface area contributed by atoms with Gasteiger partial charge in [0.1, 0.15) is 0 Å². The predicted molar refractivity (Wildman–Crippen MR) is 247 cm³/mol. The van der Waals surface area contributed by atoms with Gasteiger partial charge in [-0.15, -0.1) is 0 Å². The summed E-state index contributed by atoms with van der Waals surface area (Å²) in [5.41, 5.74) is 2.72. The van der Waals surface area contributed by atoms with E-state index < -0.39 is 54.4 Å². The van der Waals surface area contributed by atoms with Gasteiger partial charge in [0.25, 0.3) is 23.6 Å². The molecule has 0 aliphatic rings. The van der Waals surface area contributed by atoms with Crippen molar-refractivity contribution in [1.29, 1.82) is 0 Å². The smallest absolute Gasteiger partial charge is 0.339 e. The van der Waals surface area contributed by atoms with Crippen molar-refractivity contribution in [1.82, 2.24) is 5.32 Å². The fourth-order valence-electron chi connectivity index (χ4n) is 6.25. The molecule has 0 aliphatic carbocycles. The molecule has 14 nitrogen and oxygen atoms in total. The van der Waals surface area contributed by atoms with Crippen LogP contribution < -0.4 is 21.3 Å². The number of amides is 4. The number of nitrogens with one attached hydrogen (secondary N) is 4. The van der Waals surface area contributed by atoms with Crippen molar-refractivity contribution in [3.05, 3.63) is 186 Å². The minimum Gasteiger partial charge on any atom is -0.454 e. The lowest BCUT2D eigenvalue weighted by molar-refractivity contribution is -0.118. The Balaban J connectivity index is 1.20. The van der Waals surface area contributed by atoms with Crippen molar-refractivity contribution in [2.24, 2.45) is 0 Å². The van der Waals surface area contributed by atoms with Crippen LogP contribution in [-0.2, 0) is 19.1 Å². The van der Waals surface area contributed by atoms with Crippen LogP contribution in [-0.4, -0.2) is 67.4 Å². The van der Waals surface area contributed by atoms with Gasteiger partial charge in [0.05, 0.1) is 22.3 Å². The monoisotopic (exact) mass is 888 g/mol. The van der Waals surface area contributed by atoms with Crippen LogP contribution in [0.1, 0.15) is 67.7 Å². The lowest BCUT2D eigenvalue weighted by atomic mass is 10.1. The largest absolute Gasteiger partial charge is 0.454 e. The summed E-state index contributed by atoms with van der Waals surface area (Å²) in [6, 6.07) is 32.6. The highest BCUT2D eigenvalue weighted by atomic mass is 32.2. The summed E-state index contributed by atoms with van der Waals surface area (Å²) in [5.74, 6) is -4.99. The van der Waals surface area contributed by atoms with Crippen molar-refractivity contribution in [2.45, 2.75) is 16.7 Å². The van der Waals surface area contributed by atoms with Gasteiger partial charge in [-0.05, 0) is 104 Å². The highest BCUT2D eigenvalue weighted by Crippen LogP contribution is 2.33. The molecule has 326 valence electrons. The average Bonchev–Trinajstić information content (AvgIpc) is 3.32. The second-order valence-corrected chi connectivity index (χ2v) is 15.2. The fourth-order valence-corrected chi connectivity index (χ4v) is 7.15. The first-order valence-corrected chi connectivity index (χ1v) is 20.6. The molecule has 0 spiro atoms. The number of hydrogen-bond acceptors (Lipinski definition) is 11. The summed E-state index contributed by atoms with van der Waals surface area (Å²) in [5, 5.41) is 12.5. The zero-order valence-corrected chi connectivity index (χ0v) is 35.8. The van der Waals surface area contributed by atoms with Crippen LogP contribution in [0.4, 0.5) is 17.1 Å². The van der Waals surface area contributed by atoms with Gasteiger partial charge < -0.3 is 30.7 Å². The number of carbonyl (C=O) groups excluding carboxylic acids is 8. The molecule has 0 saturated carbocycles. The minimum absolute atomic E-state index is 0.0402. The van der Waals surface area contributed by atoms with E-state index in [-0.39, 0.29) is 39.4 Å². The molecule has 0 fully saturated rings. The standard InChI is InChI=1S/C50H40N4O10S/c1-5-33(55)27-63-49(61)39-23-21-35(25-41(39)47(59)51-4)65-36-22-24-40(50(62)64-28-34(56)6-2)42(26-36)48(60)52-32-19-17-31(18-20-32)46(58)54-44-12-8-9-37-38(44)10-7-11-43(37)53-45(57)30-15-13-29(3)14-16-30/h5-26H,1-2,27-28H2,3-4H3,(H,51,59)(H,52,60)(H,53,57)(H,54,58). The molecule has 0 heterocycles. The molecule has 0 unspecified atom stereocenters. The van der Waals surface area contributed by atoms with E-state index in [4.69, 9.17) is 9.47 Å². The summed E-state index contributed by atoms with van der Waals surface area (Å²) in [7, 11) is 1.38. The molecular formula is C50H40N4O10S. The molecule has 0 saturated heterocycles. The third kappa shape index (κ3) is 11.5. The summed E-state index contributed by atoms with van der Waals surface area (Å²) in [6.07, 6.45) is 2.00. The van der Waals surface area contributed by atoms with Gasteiger partial charge in [-0.2, -0.15) is 0 Å². The third-order valence-electron chi connectivity index (χ3n) is 9.66. The van der Waals surface area contributed by atoms with Gasteiger partial charge in [-0.25, -0.2) is 9.59 Å². The molecule has 6 aromatic rings. The Labute approximate surface area is 377 Å². The summed E-state index contributed by atoms with van der Waals surface area (Å²) < 4.78 is 10.2. The van der Waals surface area contributed by atoms with Gasteiger partial charge in [0.2, 0.25) is 0 Å². The number of esters is 2. The van der Waals surface area contributed by atoms with E-state index in [2.05, 4.69) is 34.4 Å². The first kappa shape index (κ1) is 46.1. The fraction of sp³-hybridized carbons (Fsp3) is 0.0800. The quantitative estimate of drug-likeness (QED) is 0.0507. The lowest BCUT2D eigenvalue weighted by Crippen LogP contribution is -2.22. The van der Waals surface area contributed by atoms with E-state index in [1.165, 1.54) is 67.7 Å². The number of ether oxygens (including phenoxy) is 2. The van der Waals surface area contributed by atoms with Gasteiger partial charge in [-0.3, -0.25) is 28.8 Å². The van der Waals surface area contributed by atoms with Crippen LogP contribution in [0, 0.1) is 6.92 Å². The maximum absolute atomic E-state index is 13.9. The maximum atomic E-state index is 13.9. The molecule has 6 rings (SSSR count). The molecule has 0 bridgehead atoms. The summed E-state index contributed by atoms with van der Waals surface area (Å²) >= 11 is 1.10. The lowest BCUT2D eigenvalue weighted by Gasteiger charge is -2.14. The zero-order chi connectivity index (χ0) is 46.6. The number of anilines is 3. The number of rotatable bonds is 17. The van der Waals surface area contributed by atoms with E-state index in [0.29, 0.717) is 37.5 Å². The first-order valence-electron chi connectivity index (χ1n) is 19.7. The molecule has 65 heavy (non-hydrogen) atoms. The van der Waals surface area contributed by atoms with Gasteiger partial charge in [0.15, 0.2) is 24.8 Å². The minimum atomic E-state index is -0.956. The van der Waals surface area contributed by atoms with E-state index >= 15 is 0 Å². The van der Waals surface area contributed by atoms with E-state index in [1.54, 1.807) is 36.4 Å². The summed E-state index contributed by atoms with van der Waals surface area (Å²) in [6.45, 7) is 7.49. The van der Waals surface area contributed by atoms with Crippen LogP contribution in [0.2, 0.25) is 0 Å². The van der Waals surface area contributed by atoms with Crippen LogP contribution in [0.5, 0.6) is 0 Å². The predicted octanol–water partition coefficient (Wildman–Crippen LogP) is 8.24. The third-order valence-corrected chi connectivity index (χ3v) is 10.6. The number of carbonyl (C=O) groups is 8. The van der Waals surface area contributed by atoms with E-state index in [0.717, 1.165) is 29.5 Å². The SMILES string of the molecule is C=CC(=O)COC(=O)c1ccc(Sc2ccc(C(=O)OCC(=O)C=C)c(C(=O)Nc3ccc(C(=O)Nc4cccc5c(NC(=O)c6ccc(C)cc6)cccc45)cc3)c2)cc1C(=O)NC. The summed E-state index contributed by atoms with van der Waals surface area (Å²) in [4.78, 5) is 104. The van der Waals surface area contributed by atoms with Gasteiger partial charge in [0, 0.05) is 55.8 Å². The normalized spacial score (nSPS) is 10.5. The molecule has 4 amide bonds. The van der Waals surface area contributed by atoms with Crippen LogP contribution in [0.15, 0.2) is 156 Å². The van der Waals surface area contributed by atoms with Crippen LogP contribution >= 0.6 is 11.8 Å². The van der Waals surface area contributed by atoms with Crippen molar-refractivity contribution < 1.29 is 47.8 Å². The average molecular weight is 889 g/mol. The van der Waals surface area contributed by atoms with Crippen molar-refractivity contribution in [2.75, 3.05) is 36.2 Å². The van der Waals surface area contributed by atoms with Crippen LogP contribution in [0.3, 0.4) is 0 Å². The number of ketones is 2. The van der Waals surface area contributed by atoms with E-state index in [9.17, 15) is 38.4 Å². The zero-order valence-electron chi connectivity index (χ0n) is 35.0. The number of aryl methyl sites for hydroxylation is 1. The Morgan fingerprint density at radius 1 is 0.523 bits per heavy atom. The second-order valence-electron chi connectivity index (χ2n) is 14.1. The molecule has 15 heteroatoms. The Bertz CT molecular complexity index is 2910. The number of fused-ring (bicyclic) bond motifs is 1. The molecule has 4 N–H and O–H groups in total. The number of hydrogen-bond donors (Lipinski definition) is 4. The Kier molecular flexibility index (Phi) is 15.0. The second kappa shape index (κ2) is 21.1. The molecule has 0 radical (unpaired) electrons. The molecule has 0 aliphatic heterocycles. The van der Waals surface area contributed by atoms with Gasteiger partial charge in [-0.1, -0.05) is 66.9 Å². The Morgan fingerprint density at radius 2 is 0.969 bits per heavy atom. The number of benzene rings is 6. The highest BCUT2D eigenvalue weighted by molar-refractivity contribution is 7.99. The molecule has 0 atom stereocenters. The first-order chi connectivity index (χ1) is 31.3. The maximum Gasteiger partial charge on any atom is 0.339 e. The van der Waals surface area contributed by atoms with E-state index in [1.807, 2.05) is 31.2 Å². The van der Waals surface area contributed by atoms with Gasteiger partial charge >= 0.3 is 11.9 Å². The molecular weight excluding hydrogens is 849 g/mol. The van der Waals surface area contributed by atoms with Crippen molar-refractivity contribution in [3.8, 4) is 0 Å². The Morgan fingerprint density at radius 3 is 1.42 bits per heavy atom. The highest BCUT2D eigenvalue weighted by Gasteiger charge is 2.23. The van der Waals surface area contributed by atoms with Crippen molar-refractivity contribution >= 4 is 86.7 Å². The molecule has 6 aromatic carbocycles. The van der Waals surface area contributed by atoms with Crippen LogP contribution in [0.25, 0.3) is 10.8 Å². The van der Waals surface area contributed by atoms with Crippen molar-refractivity contribution in [3.63, 3.8) is 0 Å². The molecule has 0 aromatic heterocycles.